The molecular weight excluding hydrogens is 216 g/mol. The smallest absolute Gasteiger partial charge is 0.274 e. The Hall–Kier alpha value is -1.52. The largest absolute Gasteiger partial charge is 0.396 e. The second-order valence-corrected chi connectivity index (χ2v) is 4.93. The fourth-order valence-electron chi connectivity index (χ4n) is 2.32. The van der Waals surface area contributed by atoms with Gasteiger partial charge in [-0.2, -0.15) is 5.10 Å². The molecule has 0 bridgehead atoms. The van der Waals surface area contributed by atoms with E-state index < -0.39 is 0 Å². The van der Waals surface area contributed by atoms with Crippen LogP contribution in [0.1, 0.15) is 31.3 Å². The fourth-order valence-corrected chi connectivity index (χ4v) is 2.32. The maximum Gasteiger partial charge on any atom is 0.274 e. The van der Waals surface area contributed by atoms with Crippen molar-refractivity contribution in [1.82, 2.24) is 14.7 Å². The molecule has 0 aliphatic carbocycles. The number of nitrogen functional groups attached to an aromatic ring is 1. The van der Waals surface area contributed by atoms with Crippen molar-refractivity contribution in [3.05, 3.63) is 11.9 Å². The van der Waals surface area contributed by atoms with E-state index >= 15 is 0 Å². The minimum Gasteiger partial charge on any atom is -0.396 e. The quantitative estimate of drug-likeness (QED) is 0.839. The molecule has 1 aromatic heterocycles. The Morgan fingerprint density at radius 2 is 2.06 bits per heavy atom. The van der Waals surface area contributed by atoms with Crippen molar-refractivity contribution in [3.63, 3.8) is 0 Å². The van der Waals surface area contributed by atoms with Crippen LogP contribution in [-0.4, -0.2) is 33.7 Å². The molecule has 94 valence electrons. The molecule has 17 heavy (non-hydrogen) atoms. The molecule has 1 saturated heterocycles. The first kappa shape index (κ1) is 12.0. The molecule has 2 rings (SSSR count). The van der Waals surface area contributed by atoms with Gasteiger partial charge < -0.3 is 10.6 Å². The first-order valence-electron chi connectivity index (χ1n) is 6.15. The molecule has 5 heteroatoms. The van der Waals surface area contributed by atoms with Crippen LogP contribution < -0.4 is 5.73 Å². The van der Waals surface area contributed by atoms with Crippen LogP contribution in [0.3, 0.4) is 0 Å². The minimum atomic E-state index is 0.0121. The van der Waals surface area contributed by atoms with Gasteiger partial charge in [-0.1, -0.05) is 13.8 Å². The molecule has 1 aliphatic rings. The van der Waals surface area contributed by atoms with Crippen molar-refractivity contribution in [1.29, 1.82) is 0 Å². The Morgan fingerprint density at radius 1 is 1.47 bits per heavy atom. The lowest BCUT2D eigenvalue weighted by Gasteiger charge is -2.17. The Kier molecular flexibility index (Phi) is 3.09. The number of amides is 1. The summed E-state index contributed by atoms with van der Waals surface area (Å²) in [5.74, 6) is 1.12. The van der Waals surface area contributed by atoms with Crippen molar-refractivity contribution in [2.75, 3.05) is 18.8 Å². The van der Waals surface area contributed by atoms with Gasteiger partial charge in [0.15, 0.2) is 0 Å². The number of anilines is 1. The van der Waals surface area contributed by atoms with E-state index in [1.165, 1.54) is 0 Å². The maximum absolute atomic E-state index is 12.4. The van der Waals surface area contributed by atoms with Crippen LogP contribution in [-0.2, 0) is 6.54 Å². The number of hydrogen-bond acceptors (Lipinski definition) is 3. The first-order chi connectivity index (χ1) is 8.04. The Bertz CT molecular complexity index is 416. The van der Waals surface area contributed by atoms with Gasteiger partial charge in [-0.15, -0.1) is 0 Å². The summed E-state index contributed by atoms with van der Waals surface area (Å²) in [6.45, 7) is 8.61. The molecule has 0 radical (unpaired) electrons. The van der Waals surface area contributed by atoms with Crippen LogP contribution in [0.2, 0.25) is 0 Å². The van der Waals surface area contributed by atoms with Gasteiger partial charge in [0.1, 0.15) is 5.69 Å². The van der Waals surface area contributed by atoms with E-state index in [1.54, 1.807) is 10.9 Å². The standard InChI is InChI=1S/C12H20N4O/c1-4-16-11(10(13)5-14-16)12(17)15-6-8(2)9(3)7-15/h5,8-9H,4,6-7,13H2,1-3H3. The van der Waals surface area contributed by atoms with Crippen LogP contribution in [0, 0.1) is 11.8 Å². The molecule has 2 N–H and O–H groups in total. The number of hydrogen-bond donors (Lipinski definition) is 1. The molecule has 2 unspecified atom stereocenters. The number of nitrogens with zero attached hydrogens (tertiary/aromatic N) is 3. The summed E-state index contributed by atoms with van der Waals surface area (Å²) in [5.41, 5.74) is 6.84. The van der Waals surface area contributed by atoms with E-state index in [4.69, 9.17) is 5.73 Å². The zero-order chi connectivity index (χ0) is 12.6. The van der Waals surface area contributed by atoms with E-state index in [9.17, 15) is 4.79 Å². The van der Waals surface area contributed by atoms with E-state index in [-0.39, 0.29) is 5.91 Å². The highest BCUT2D eigenvalue weighted by molar-refractivity contribution is 5.97. The molecule has 0 aromatic carbocycles. The van der Waals surface area contributed by atoms with E-state index in [2.05, 4.69) is 18.9 Å². The van der Waals surface area contributed by atoms with Gasteiger partial charge in [-0.05, 0) is 18.8 Å². The summed E-state index contributed by atoms with van der Waals surface area (Å²) in [4.78, 5) is 14.3. The highest BCUT2D eigenvalue weighted by Gasteiger charge is 2.32. The summed E-state index contributed by atoms with van der Waals surface area (Å²) < 4.78 is 1.67. The molecule has 1 amide bonds. The van der Waals surface area contributed by atoms with Crippen LogP contribution in [0.25, 0.3) is 0 Å². The van der Waals surface area contributed by atoms with Gasteiger partial charge in [0, 0.05) is 19.6 Å². The van der Waals surface area contributed by atoms with Gasteiger partial charge in [-0.3, -0.25) is 9.48 Å². The predicted octanol–water partition coefficient (Wildman–Crippen LogP) is 1.21. The lowest BCUT2D eigenvalue weighted by atomic mass is 10.0. The summed E-state index contributed by atoms with van der Waals surface area (Å²) in [7, 11) is 0. The van der Waals surface area contributed by atoms with Crippen molar-refractivity contribution in [2.24, 2.45) is 11.8 Å². The Balaban J connectivity index is 2.23. The number of rotatable bonds is 2. The zero-order valence-corrected chi connectivity index (χ0v) is 10.7. The van der Waals surface area contributed by atoms with Gasteiger partial charge in [-0.25, -0.2) is 0 Å². The Labute approximate surface area is 102 Å². The predicted molar refractivity (Wildman–Crippen MR) is 66.5 cm³/mol. The third-order valence-electron chi connectivity index (χ3n) is 3.65. The van der Waals surface area contributed by atoms with E-state index in [0.29, 0.717) is 29.8 Å². The lowest BCUT2D eigenvalue weighted by molar-refractivity contribution is 0.0774. The number of likely N-dealkylation sites (tertiary alicyclic amines) is 1. The Morgan fingerprint density at radius 3 is 2.59 bits per heavy atom. The summed E-state index contributed by atoms with van der Waals surface area (Å²) in [6.07, 6.45) is 1.56. The third kappa shape index (κ3) is 2.01. The van der Waals surface area contributed by atoms with Gasteiger partial charge in [0.2, 0.25) is 0 Å². The molecule has 1 fully saturated rings. The molecule has 2 heterocycles. The maximum atomic E-state index is 12.4. The number of aromatic nitrogens is 2. The highest BCUT2D eigenvalue weighted by Crippen LogP contribution is 2.25. The average molecular weight is 236 g/mol. The third-order valence-corrected chi connectivity index (χ3v) is 3.65. The summed E-state index contributed by atoms with van der Waals surface area (Å²) in [5, 5.41) is 4.11. The molecule has 0 saturated carbocycles. The topological polar surface area (TPSA) is 64.2 Å². The monoisotopic (exact) mass is 236 g/mol. The fraction of sp³-hybridized carbons (Fsp3) is 0.667. The highest BCUT2D eigenvalue weighted by atomic mass is 16.2. The molecule has 1 aliphatic heterocycles. The first-order valence-corrected chi connectivity index (χ1v) is 6.15. The molecule has 5 nitrogen and oxygen atoms in total. The summed E-state index contributed by atoms with van der Waals surface area (Å²) >= 11 is 0. The van der Waals surface area contributed by atoms with Gasteiger partial charge >= 0.3 is 0 Å². The zero-order valence-electron chi connectivity index (χ0n) is 10.7. The second kappa shape index (κ2) is 4.39. The molecule has 2 atom stereocenters. The van der Waals surface area contributed by atoms with Crippen molar-refractivity contribution in [2.45, 2.75) is 27.3 Å². The number of carbonyl (C=O) groups excluding carboxylic acids is 1. The van der Waals surface area contributed by atoms with Crippen molar-refractivity contribution < 1.29 is 4.79 Å². The number of nitrogens with two attached hydrogens (primary N) is 1. The van der Waals surface area contributed by atoms with Gasteiger partial charge in [0.25, 0.3) is 5.91 Å². The van der Waals surface area contributed by atoms with Crippen LogP contribution in [0.4, 0.5) is 5.69 Å². The average Bonchev–Trinajstić information content (AvgIpc) is 2.82. The SMILES string of the molecule is CCn1ncc(N)c1C(=O)N1CC(C)C(C)C1. The number of aryl methyl sites for hydroxylation is 1. The molecular formula is C12H20N4O. The second-order valence-electron chi connectivity index (χ2n) is 4.93. The minimum absolute atomic E-state index is 0.0121. The molecule has 0 spiro atoms. The normalized spacial score (nSPS) is 24.3. The summed E-state index contributed by atoms with van der Waals surface area (Å²) in [6, 6.07) is 0. The van der Waals surface area contributed by atoms with Crippen molar-refractivity contribution >= 4 is 11.6 Å². The lowest BCUT2D eigenvalue weighted by Crippen LogP contribution is -2.31. The van der Waals surface area contributed by atoms with Crippen LogP contribution in [0.15, 0.2) is 6.20 Å². The van der Waals surface area contributed by atoms with E-state index in [1.807, 2.05) is 11.8 Å². The van der Waals surface area contributed by atoms with Gasteiger partial charge in [0.05, 0.1) is 11.9 Å². The van der Waals surface area contributed by atoms with Crippen molar-refractivity contribution in [3.8, 4) is 0 Å². The van der Waals surface area contributed by atoms with E-state index in [0.717, 1.165) is 13.1 Å². The van der Waals surface area contributed by atoms with Crippen LogP contribution >= 0.6 is 0 Å². The van der Waals surface area contributed by atoms with Crippen LogP contribution in [0.5, 0.6) is 0 Å². The number of carbonyl (C=O) groups is 1. The molecule has 1 aromatic rings.